The summed E-state index contributed by atoms with van der Waals surface area (Å²) < 4.78 is 14.0. The van der Waals surface area contributed by atoms with Gasteiger partial charge in [0, 0.05) is 21.4 Å². The van der Waals surface area contributed by atoms with Crippen molar-refractivity contribution in [2.75, 3.05) is 6.54 Å². The average Bonchev–Trinajstić information content (AvgIpc) is 2.89. The SMILES string of the molecule is CCCNC(CC)c1ccc(-c2c(C)cccc2F)s1. The maximum atomic E-state index is 14.0. The normalized spacial score (nSPS) is 12.6. The fraction of sp³-hybridized carbons (Fsp3) is 0.412. The van der Waals surface area contributed by atoms with Crippen molar-refractivity contribution < 1.29 is 4.39 Å². The van der Waals surface area contributed by atoms with Gasteiger partial charge in [-0.25, -0.2) is 4.39 Å². The van der Waals surface area contributed by atoms with Gasteiger partial charge in [-0.1, -0.05) is 26.0 Å². The van der Waals surface area contributed by atoms with Crippen molar-refractivity contribution in [2.24, 2.45) is 0 Å². The molecule has 0 saturated carbocycles. The topological polar surface area (TPSA) is 12.0 Å². The first-order valence-electron chi connectivity index (χ1n) is 7.26. The Morgan fingerprint density at radius 3 is 2.65 bits per heavy atom. The summed E-state index contributed by atoms with van der Waals surface area (Å²) in [5.41, 5.74) is 1.74. The van der Waals surface area contributed by atoms with Gasteiger partial charge in [0.05, 0.1) is 0 Å². The third-order valence-electron chi connectivity index (χ3n) is 3.49. The summed E-state index contributed by atoms with van der Waals surface area (Å²) in [7, 11) is 0. The van der Waals surface area contributed by atoms with Crippen LogP contribution in [0.1, 0.15) is 43.2 Å². The first kappa shape index (κ1) is 15.2. The van der Waals surface area contributed by atoms with Crippen LogP contribution in [0.3, 0.4) is 0 Å². The van der Waals surface area contributed by atoms with E-state index in [2.05, 4.69) is 25.2 Å². The molecule has 0 radical (unpaired) electrons. The lowest BCUT2D eigenvalue weighted by molar-refractivity contribution is 0.525. The molecule has 0 saturated heterocycles. The van der Waals surface area contributed by atoms with E-state index in [9.17, 15) is 4.39 Å². The van der Waals surface area contributed by atoms with Gasteiger partial charge in [-0.15, -0.1) is 11.3 Å². The van der Waals surface area contributed by atoms with Gasteiger partial charge in [-0.2, -0.15) is 0 Å². The Hall–Kier alpha value is -1.19. The highest BCUT2D eigenvalue weighted by Crippen LogP contribution is 2.35. The predicted molar refractivity (Wildman–Crippen MR) is 85.8 cm³/mol. The Morgan fingerprint density at radius 1 is 1.20 bits per heavy atom. The third kappa shape index (κ3) is 3.28. The number of rotatable bonds is 6. The van der Waals surface area contributed by atoms with E-state index < -0.39 is 0 Å². The second-order valence-corrected chi connectivity index (χ2v) is 6.16. The smallest absolute Gasteiger partial charge is 0.132 e. The molecule has 0 fully saturated rings. The molecule has 2 rings (SSSR count). The fourth-order valence-corrected chi connectivity index (χ4v) is 3.66. The summed E-state index contributed by atoms with van der Waals surface area (Å²) >= 11 is 1.69. The molecular formula is C17H22FNS. The molecule has 1 atom stereocenters. The zero-order valence-corrected chi connectivity index (χ0v) is 13.2. The zero-order chi connectivity index (χ0) is 14.5. The zero-order valence-electron chi connectivity index (χ0n) is 12.4. The van der Waals surface area contributed by atoms with Gasteiger partial charge in [0.25, 0.3) is 0 Å². The minimum Gasteiger partial charge on any atom is -0.309 e. The van der Waals surface area contributed by atoms with E-state index in [1.54, 1.807) is 17.4 Å². The van der Waals surface area contributed by atoms with Crippen LogP contribution in [0.4, 0.5) is 4.39 Å². The van der Waals surface area contributed by atoms with Crippen molar-refractivity contribution in [1.82, 2.24) is 5.32 Å². The Morgan fingerprint density at radius 2 is 2.00 bits per heavy atom. The van der Waals surface area contributed by atoms with Gasteiger partial charge >= 0.3 is 0 Å². The number of thiophene rings is 1. The van der Waals surface area contributed by atoms with Crippen LogP contribution in [0.25, 0.3) is 10.4 Å². The van der Waals surface area contributed by atoms with Gasteiger partial charge in [0.2, 0.25) is 0 Å². The summed E-state index contributed by atoms with van der Waals surface area (Å²) in [6.07, 6.45) is 2.18. The fourth-order valence-electron chi connectivity index (χ4n) is 2.38. The van der Waals surface area contributed by atoms with Crippen LogP contribution >= 0.6 is 11.3 Å². The van der Waals surface area contributed by atoms with E-state index in [4.69, 9.17) is 0 Å². The van der Waals surface area contributed by atoms with Crippen LogP contribution in [0.2, 0.25) is 0 Å². The van der Waals surface area contributed by atoms with Crippen molar-refractivity contribution >= 4 is 11.3 Å². The van der Waals surface area contributed by atoms with Crippen LogP contribution < -0.4 is 5.32 Å². The highest BCUT2D eigenvalue weighted by atomic mass is 32.1. The standard InChI is InChI=1S/C17H22FNS/c1-4-11-19-14(5-2)15-9-10-16(20-15)17-12(3)7-6-8-13(17)18/h6-10,14,19H,4-5,11H2,1-3H3. The summed E-state index contributed by atoms with van der Waals surface area (Å²) in [4.78, 5) is 2.31. The molecule has 1 nitrogen and oxygen atoms in total. The van der Waals surface area contributed by atoms with Gasteiger partial charge in [0.1, 0.15) is 5.82 Å². The average molecular weight is 291 g/mol. The molecule has 1 unspecified atom stereocenters. The van der Waals surface area contributed by atoms with Crippen LogP contribution in [-0.2, 0) is 0 Å². The number of hydrogen-bond acceptors (Lipinski definition) is 2. The molecular weight excluding hydrogens is 269 g/mol. The van der Waals surface area contributed by atoms with Crippen molar-refractivity contribution in [3.63, 3.8) is 0 Å². The van der Waals surface area contributed by atoms with Gasteiger partial charge in [-0.05, 0) is 50.1 Å². The molecule has 1 aromatic carbocycles. The molecule has 0 spiro atoms. The van der Waals surface area contributed by atoms with E-state index in [1.807, 2.05) is 19.1 Å². The minimum absolute atomic E-state index is 0.132. The molecule has 0 bridgehead atoms. The second kappa shape index (κ2) is 7.00. The van der Waals surface area contributed by atoms with Gasteiger partial charge in [-0.3, -0.25) is 0 Å². The molecule has 0 aliphatic carbocycles. The van der Waals surface area contributed by atoms with Crippen LogP contribution in [0, 0.1) is 12.7 Å². The lowest BCUT2D eigenvalue weighted by Gasteiger charge is -2.14. The Bertz CT molecular complexity index is 542. The number of aryl methyl sites for hydroxylation is 1. The molecule has 0 amide bonds. The monoisotopic (exact) mass is 291 g/mol. The van der Waals surface area contributed by atoms with E-state index in [-0.39, 0.29) is 5.82 Å². The second-order valence-electron chi connectivity index (χ2n) is 5.05. The lowest BCUT2D eigenvalue weighted by Crippen LogP contribution is -2.20. The summed E-state index contributed by atoms with van der Waals surface area (Å²) in [5, 5.41) is 3.55. The van der Waals surface area contributed by atoms with E-state index >= 15 is 0 Å². The molecule has 20 heavy (non-hydrogen) atoms. The van der Waals surface area contributed by atoms with E-state index in [0.717, 1.165) is 35.4 Å². The first-order valence-corrected chi connectivity index (χ1v) is 8.07. The Kier molecular flexibility index (Phi) is 5.32. The van der Waals surface area contributed by atoms with Crippen molar-refractivity contribution in [3.8, 4) is 10.4 Å². The third-order valence-corrected chi connectivity index (χ3v) is 4.70. The van der Waals surface area contributed by atoms with Crippen molar-refractivity contribution in [1.29, 1.82) is 0 Å². The van der Waals surface area contributed by atoms with Crippen LogP contribution in [0.5, 0.6) is 0 Å². The lowest BCUT2D eigenvalue weighted by atomic mass is 10.1. The Balaban J connectivity index is 2.28. The minimum atomic E-state index is -0.132. The first-order chi connectivity index (χ1) is 9.67. The molecule has 108 valence electrons. The number of benzene rings is 1. The number of halogens is 1. The molecule has 1 N–H and O–H groups in total. The van der Waals surface area contributed by atoms with Crippen LogP contribution in [-0.4, -0.2) is 6.54 Å². The molecule has 1 aromatic heterocycles. The maximum absolute atomic E-state index is 14.0. The summed E-state index contributed by atoms with van der Waals surface area (Å²) in [6.45, 7) is 7.33. The quantitative estimate of drug-likeness (QED) is 0.760. The molecule has 2 aromatic rings. The molecule has 0 aliphatic heterocycles. The molecule has 1 heterocycles. The number of hydrogen-bond donors (Lipinski definition) is 1. The van der Waals surface area contributed by atoms with Crippen molar-refractivity contribution in [2.45, 2.75) is 39.7 Å². The van der Waals surface area contributed by atoms with Gasteiger partial charge in [0.15, 0.2) is 0 Å². The van der Waals surface area contributed by atoms with E-state index in [0.29, 0.717) is 6.04 Å². The van der Waals surface area contributed by atoms with Crippen molar-refractivity contribution in [3.05, 3.63) is 46.6 Å². The summed E-state index contributed by atoms with van der Waals surface area (Å²) in [5.74, 6) is -0.132. The van der Waals surface area contributed by atoms with E-state index in [1.165, 1.54) is 10.9 Å². The number of nitrogens with one attached hydrogen (secondary N) is 1. The molecule has 0 aliphatic rings. The largest absolute Gasteiger partial charge is 0.309 e. The predicted octanol–water partition coefficient (Wildman–Crippen LogP) is 5.31. The van der Waals surface area contributed by atoms with Crippen LogP contribution in [0.15, 0.2) is 30.3 Å². The highest BCUT2D eigenvalue weighted by Gasteiger charge is 2.14. The molecule has 3 heteroatoms. The van der Waals surface area contributed by atoms with Gasteiger partial charge < -0.3 is 5.32 Å². The highest BCUT2D eigenvalue weighted by molar-refractivity contribution is 7.15. The summed E-state index contributed by atoms with van der Waals surface area (Å²) in [6, 6.07) is 9.81. The maximum Gasteiger partial charge on any atom is 0.132 e. The Labute approximate surface area is 124 Å².